The van der Waals surface area contributed by atoms with Crippen molar-refractivity contribution >= 4 is 18.0 Å². The van der Waals surface area contributed by atoms with Crippen LogP contribution in [0.4, 0.5) is 14.7 Å². The molecule has 1 saturated heterocycles. The summed E-state index contributed by atoms with van der Waals surface area (Å²) in [5.74, 6) is -5.51. The third-order valence-electron chi connectivity index (χ3n) is 7.79. The maximum absolute atomic E-state index is 15.4. The number of pyridine rings is 1. The summed E-state index contributed by atoms with van der Waals surface area (Å²) in [5.41, 5.74) is 2.32. The number of benzene rings is 1. The van der Waals surface area contributed by atoms with Gasteiger partial charge in [0, 0.05) is 49.5 Å². The molecule has 1 aliphatic carbocycles. The molecule has 3 aromatic rings. The molecule has 1 aromatic carbocycles. The largest absolute Gasteiger partial charge is 0.460 e. The number of hydrogen-bond acceptors (Lipinski definition) is 5. The normalized spacial score (nSPS) is 29.2. The number of carbonyl (C=O) groups is 1. The lowest BCUT2D eigenvalue weighted by Crippen LogP contribution is -2.62. The summed E-state index contributed by atoms with van der Waals surface area (Å²) < 4.78 is 38.1. The molecule has 5 atom stereocenters. The Morgan fingerprint density at radius 3 is 2.61 bits per heavy atom. The Bertz CT molecular complexity index is 1300. The highest BCUT2D eigenvalue weighted by Crippen LogP contribution is 2.55. The number of esters is 1. The Balaban J connectivity index is 1.48. The minimum atomic E-state index is -3.09. The molecule has 1 N–H and O–H groups in total. The van der Waals surface area contributed by atoms with Gasteiger partial charge in [-0.15, -0.1) is 0 Å². The van der Waals surface area contributed by atoms with Gasteiger partial charge in [0.15, 0.2) is 5.54 Å². The van der Waals surface area contributed by atoms with E-state index in [0.717, 1.165) is 16.7 Å². The zero-order valence-electron chi connectivity index (χ0n) is 20.8. The molecular formula is C28H30F2N4O2. The molecule has 2 aliphatic rings. The van der Waals surface area contributed by atoms with Gasteiger partial charge in [0.2, 0.25) is 5.95 Å². The molecule has 5 rings (SSSR count). The van der Waals surface area contributed by atoms with Crippen molar-refractivity contribution in [3.8, 4) is 11.1 Å². The third-order valence-corrected chi connectivity index (χ3v) is 7.79. The Labute approximate surface area is 209 Å². The molecule has 6 nitrogen and oxygen atoms in total. The number of rotatable bonds is 5. The first-order chi connectivity index (χ1) is 17.1. The topological polar surface area (TPSA) is 69.0 Å². The highest BCUT2D eigenvalue weighted by Gasteiger charge is 2.68. The maximum atomic E-state index is 15.4. The monoisotopic (exact) mass is 492 g/mol. The number of fused-ring (bicyclic) bond motifs is 1. The van der Waals surface area contributed by atoms with Crippen LogP contribution in [0.25, 0.3) is 17.2 Å². The maximum Gasteiger partial charge on any atom is 0.332 e. The number of aromatic nitrogens is 3. The van der Waals surface area contributed by atoms with Crippen LogP contribution in [0.1, 0.15) is 31.5 Å². The Kier molecular flexibility index (Phi) is 5.93. The molecule has 1 saturated carbocycles. The number of nitrogens with zero attached hydrogens (tertiary/aromatic N) is 3. The Hall–Kier alpha value is -3.55. The van der Waals surface area contributed by atoms with Crippen LogP contribution in [-0.2, 0) is 16.6 Å². The Morgan fingerprint density at radius 2 is 1.94 bits per heavy atom. The molecule has 8 heteroatoms. The van der Waals surface area contributed by atoms with Gasteiger partial charge in [0.25, 0.3) is 5.92 Å². The van der Waals surface area contributed by atoms with Gasteiger partial charge in [-0.05, 0) is 43.0 Å². The number of imidazole rings is 1. The van der Waals surface area contributed by atoms with E-state index in [1.807, 2.05) is 43.3 Å². The van der Waals surface area contributed by atoms with Crippen molar-refractivity contribution in [2.45, 2.75) is 44.8 Å². The lowest BCUT2D eigenvalue weighted by atomic mass is 9.60. The van der Waals surface area contributed by atoms with E-state index < -0.39 is 47.7 Å². The number of nitrogens with one attached hydrogen (secondary N) is 1. The average Bonchev–Trinajstić information content (AvgIpc) is 3.34. The zero-order valence-corrected chi connectivity index (χ0v) is 20.8. The standard InChI is InChI=1S/C28H30F2N4O2/c1-17-7-5-6-8-22(17)20-9-10-21(32-15-20)11-12-23-18(2)28(29,30)16-27(24(23)19(3)36-25(27)35)33-26-31-13-14-34(26)4/h5-15,18-19,23-24H,16H2,1-4H3,(H,31,33)/b12-11+/t18-,19+,23-,24-,27-/m0/s1. The molecule has 0 amide bonds. The van der Waals surface area contributed by atoms with Crippen LogP contribution >= 0.6 is 0 Å². The van der Waals surface area contributed by atoms with Crippen LogP contribution in [0.2, 0.25) is 0 Å². The molecule has 1 aliphatic heterocycles. The predicted octanol–water partition coefficient (Wildman–Crippen LogP) is 5.51. The highest BCUT2D eigenvalue weighted by atomic mass is 19.3. The van der Waals surface area contributed by atoms with Crippen molar-refractivity contribution in [3.63, 3.8) is 0 Å². The predicted molar refractivity (Wildman–Crippen MR) is 134 cm³/mol. The smallest absolute Gasteiger partial charge is 0.332 e. The number of allylic oxidation sites excluding steroid dienone is 1. The summed E-state index contributed by atoms with van der Waals surface area (Å²) in [6.45, 7) is 5.37. The van der Waals surface area contributed by atoms with Crippen molar-refractivity contribution in [3.05, 3.63) is 72.3 Å². The van der Waals surface area contributed by atoms with E-state index in [0.29, 0.717) is 11.6 Å². The molecule has 0 radical (unpaired) electrons. The number of carbonyl (C=O) groups excluding carboxylic acids is 1. The van der Waals surface area contributed by atoms with Crippen LogP contribution in [0.3, 0.4) is 0 Å². The average molecular weight is 493 g/mol. The molecule has 2 fully saturated rings. The number of aryl methyl sites for hydroxylation is 2. The van der Waals surface area contributed by atoms with E-state index >= 15 is 8.78 Å². The quantitative estimate of drug-likeness (QED) is 0.476. The molecule has 0 unspecified atom stereocenters. The molecule has 36 heavy (non-hydrogen) atoms. The van der Waals surface area contributed by atoms with Gasteiger partial charge in [-0.25, -0.2) is 18.6 Å². The first kappa shape index (κ1) is 24.2. The number of alkyl halides is 2. The number of anilines is 1. The first-order valence-electron chi connectivity index (χ1n) is 12.2. The number of cyclic esters (lactones) is 1. The van der Waals surface area contributed by atoms with Crippen LogP contribution in [0.5, 0.6) is 0 Å². The fourth-order valence-corrected chi connectivity index (χ4v) is 5.76. The summed E-state index contributed by atoms with van der Waals surface area (Å²) in [4.78, 5) is 21.9. The minimum absolute atomic E-state index is 0.354. The van der Waals surface area contributed by atoms with E-state index in [1.165, 1.54) is 0 Å². The minimum Gasteiger partial charge on any atom is -0.460 e. The van der Waals surface area contributed by atoms with Crippen molar-refractivity contribution in [2.75, 3.05) is 5.32 Å². The molecule has 188 valence electrons. The summed E-state index contributed by atoms with van der Waals surface area (Å²) in [6, 6.07) is 11.9. The van der Waals surface area contributed by atoms with Gasteiger partial charge in [-0.1, -0.05) is 43.3 Å². The summed E-state index contributed by atoms with van der Waals surface area (Å²) in [5, 5.41) is 3.07. The fraction of sp³-hybridized carbons (Fsp3) is 0.393. The number of hydrogen-bond donors (Lipinski definition) is 1. The second kappa shape index (κ2) is 8.84. The summed E-state index contributed by atoms with van der Waals surface area (Å²) in [7, 11) is 1.75. The lowest BCUT2D eigenvalue weighted by Gasteiger charge is -2.48. The van der Waals surface area contributed by atoms with Crippen LogP contribution in [-0.4, -0.2) is 38.1 Å². The fourth-order valence-electron chi connectivity index (χ4n) is 5.76. The zero-order chi connectivity index (χ0) is 25.7. The van der Waals surface area contributed by atoms with Crippen molar-refractivity contribution < 1.29 is 18.3 Å². The van der Waals surface area contributed by atoms with Gasteiger partial charge in [0.05, 0.1) is 5.69 Å². The second-order valence-corrected chi connectivity index (χ2v) is 10.0. The molecule has 0 spiro atoms. The van der Waals surface area contributed by atoms with Crippen LogP contribution in [0.15, 0.2) is 61.1 Å². The van der Waals surface area contributed by atoms with Gasteiger partial charge in [-0.3, -0.25) is 4.98 Å². The van der Waals surface area contributed by atoms with Gasteiger partial charge < -0.3 is 14.6 Å². The van der Waals surface area contributed by atoms with Crippen LogP contribution < -0.4 is 5.32 Å². The first-order valence-corrected chi connectivity index (χ1v) is 12.2. The molecule has 3 heterocycles. The van der Waals surface area contributed by atoms with Gasteiger partial charge in [-0.2, -0.15) is 0 Å². The van der Waals surface area contributed by atoms with E-state index in [9.17, 15) is 4.79 Å². The van der Waals surface area contributed by atoms with E-state index in [2.05, 4.69) is 15.3 Å². The summed E-state index contributed by atoms with van der Waals surface area (Å²) in [6.07, 6.45) is 7.41. The van der Waals surface area contributed by atoms with Crippen molar-refractivity contribution in [2.24, 2.45) is 24.8 Å². The third kappa shape index (κ3) is 3.98. The molecule has 0 bridgehead atoms. The van der Waals surface area contributed by atoms with Crippen molar-refractivity contribution in [1.29, 1.82) is 0 Å². The van der Waals surface area contributed by atoms with Crippen molar-refractivity contribution in [1.82, 2.24) is 14.5 Å². The van der Waals surface area contributed by atoms with Crippen LogP contribution in [0, 0.1) is 24.7 Å². The van der Waals surface area contributed by atoms with Gasteiger partial charge >= 0.3 is 5.97 Å². The second-order valence-electron chi connectivity index (χ2n) is 10.0. The molecular weight excluding hydrogens is 462 g/mol. The van der Waals surface area contributed by atoms with Gasteiger partial charge in [0.1, 0.15) is 6.10 Å². The number of halogens is 2. The van der Waals surface area contributed by atoms with E-state index in [1.54, 1.807) is 56.2 Å². The van der Waals surface area contributed by atoms with E-state index in [4.69, 9.17) is 4.74 Å². The summed E-state index contributed by atoms with van der Waals surface area (Å²) >= 11 is 0. The van der Waals surface area contributed by atoms with E-state index in [-0.39, 0.29) is 0 Å². The SMILES string of the molecule is Cc1ccccc1-c1ccc(/C=C/[C@@H]2[C@@H]3[C@@H](C)OC(=O)[C@]3(Nc3nccn3C)CC(F)(F)[C@H]2C)nc1. The lowest BCUT2D eigenvalue weighted by molar-refractivity contribution is -0.153. The Morgan fingerprint density at radius 1 is 1.17 bits per heavy atom. The highest BCUT2D eigenvalue weighted by molar-refractivity contribution is 5.87. The molecule has 2 aromatic heterocycles. The number of ether oxygens (including phenoxy) is 1.